The van der Waals surface area contributed by atoms with E-state index in [2.05, 4.69) is 25.7 Å². The van der Waals surface area contributed by atoms with Crippen LogP contribution in [0.3, 0.4) is 0 Å². The van der Waals surface area contributed by atoms with Crippen molar-refractivity contribution in [3.8, 4) is 0 Å². The lowest BCUT2D eigenvalue weighted by atomic mass is 9.83. The molecule has 0 amide bonds. The molecule has 0 aromatic heterocycles. The summed E-state index contributed by atoms with van der Waals surface area (Å²) in [5.41, 5.74) is 1.13. The number of hydrogen-bond acceptors (Lipinski definition) is 3. The maximum Gasteiger partial charge on any atom is 0.0881 e. The lowest BCUT2D eigenvalue weighted by Crippen LogP contribution is -2.54. The first kappa shape index (κ1) is 13.7. The molecule has 1 aliphatic heterocycles. The van der Waals surface area contributed by atoms with Crippen LogP contribution in [0.2, 0.25) is 0 Å². The van der Waals surface area contributed by atoms with Crippen molar-refractivity contribution in [2.75, 3.05) is 26.9 Å². The van der Waals surface area contributed by atoms with Crippen LogP contribution in [0.4, 0.5) is 0 Å². The largest absolute Gasteiger partial charge is 0.381 e. The van der Waals surface area contributed by atoms with E-state index in [-0.39, 0.29) is 5.60 Å². The monoisotopic (exact) mass is 227 g/mol. The standard InChI is InChI=1S/C13H25NO2/c1-5-16-13(6-8-15-9-7-13)12(14-4)10-11(2)3/h12,14H,2,5-10H2,1,3-4H3. The van der Waals surface area contributed by atoms with E-state index < -0.39 is 0 Å². The Hall–Kier alpha value is -0.380. The van der Waals surface area contributed by atoms with Crippen molar-refractivity contribution in [3.05, 3.63) is 12.2 Å². The molecule has 1 unspecified atom stereocenters. The Balaban J connectivity index is 2.74. The molecule has 0 radical (unpaired) electrons. The average Bonchev–Trinajstić information content (AvgIpc) is 2.27. The number of likely N-dealkylation sites (N-methyl/N-ethyl adjacent to an activating group) is 1. The van der Waals surface area contributed by atoms with E-state index in [0.29, 0.717) is 6.04 Å². The Labute approximate surface area is 99.2 Å². The smallest absolute Gasteiger partial charge is 0.0881 e. The summed E-state index contributed by atoms with van der Waals surface area (Å²) in [6, 6.07) is 0.342. The summed E-state index contributed by atoms with van der Waals surface area (Å²) >= 11 is 0. The normalized spacial score (nSPS) is 21.7. The molecule has 1 rings (SSSR count). The van der Waals surface area contributed by atoms with Gasteiger partial charge in [0.1, 0.15) is 0 Å². The van der Waals surface area contributed by atoms with Crippen LogP contribution in [0.25, 0.3) is 0 Å². The molecule has 16 heavy (non-hydrogen) atoms. The Morgan fingerprint density at radius 1 is 1.50 bits per heavy atom. The van der Waals surface area contributed by atoms with Gasteiger partial charge in [0.15, 0.2) is 0 Å². The molecular formula is C13H25NO2. The molecule has 0 bridgehead atoms. The Kier molecular flexibility index (Phi) is 5.46. The highest BCUT2D eigenvalue weighted by Crippen LogP contribution is 2.31. The van der Waals surface area contributed by atoms with Gasteiger partial charge in [-0.05, 0) is 27.3 Å². The molecule has 1 saturated heterocycles. The molecule has 1 aliphatic rings. The molecule has 0 saturated carbocycles. The minimum absolute atomic E-state index is 0.0687. The summed E-state index contributed by atoms with van der Waals surface area (Å²) in [6.07, 6.45) is 2.91. The number of nitrogens with one attached hydrogen (secondary N) is 1. The maximum atomic E-state index is 6.04. The zero-order valence-electron chi connectivity index (χ0n) is 10.8. The summed E-state index contributed by atoms with van der Waals surface area (Å²) in [5, 5.41) is 3.39. The molecule has 3 heteroatoms. The fraction of sp³-hybridized carbons (Fsp3) is 0.846. The summed E-state index contributed by atoms with van der Waals surface area (Å²) in [7, 11) is 2.00. The first-order valence-electron chi connectivity index (χ1n) is 6.18. The van der Waals surface area contributed by atoms with Gasteiger partial charge >= 0.3 is 0 Å². The fourth-order valence-corrected chi connectivity index (χ4v) is 2.50. The van der Waals surface area contributed by atoms with Crippen molar-refractivity contribution in [1.29, 1.82) is 0 Å². The second-order valence-corrected chi connectivity index (χ2v) is 4.61. The zero-order valence-corrected chi connectivity index (χ0v) is 10.8. The number of hydrogen-bond donors (Lipinski definition) is 1. The zero-order chi connectivity index (χ0) is 12.0. The van der Waals surface area contributed by atoms with Crippen molar-refractivity contribution in [3.63, 3.8) is 0 Å². The van der Waals surface area contributed by atoms with E-state index >= 15 is 0 Å². The van der Waals surface area contributed by atoms with Crippen LogP contribution in [0.1, 0.15) is 33.1 Å². The minimum atomic E-state index is -0.0687. The van der Waals surface area contributed by atoms with Gasteiger partial charge in [-0.2, -0.15) is 0 Å². The first-order valence-corrected chi connectivity index (χ1v) is 6.18. The van der Waals surface area contributed by atoms with Crippen molar-refractivity contribution < 1.29 is 9.47 Å². The Morgan fingerprint density at radius 3 is 2.56 bits per heavy atom. The molecule has 1 heterocycles. The van der Waals surface area contributed by atoms with E-state index in [9.17, 15) is 0 Å². The molecule has 0 aromatic rings. The molecule has 3 nitrogen and oxygen atoms in total. The van der Waals surface area contributed by atoms with Crippen LogP contribution >= 0.6 is 0 Å². The summed E-state index contributed by atoms with van der Waals surface area (Å²) in [6.45, 7) is 10.5. The third kappa shape index (κ3) is 3.30. The highest BCUT2D eigenvalue weighted by atomic mass is 16.5. The lowest BCUT2D eigenvalue weighted by molar-refractivity contribution is -0.125. The van der Waals surface area contributed by atoms with Crippen molar-refractivity contribution in [2.45, 2.75) is 44.8 Å². The third-order valence-corrected chi connectivity index (χ3v) is 3.31. The van der Waals surface area contributed by atoms with E-state index in [1.807, 2.05) is 7.05 Å². The van der Waals surface area contributed by atoms with Crippen LogP contribution in [0.15, 0.2) is 12.2 Å². The molecule has 1 fully saturated rings. The van der Waals surface area contributed by atoms with E-state index in [1.165, 1.54) is 5.57 Å². The van der Waals surface area contributed by atoms with Crippen LogP contribution in [0, 0.1) is 0 Å². The average molecular weight is 227 g/mol. The first-order chi connectivity index (χ1) is 7.64. The van der Waals surface area contributed by atoms with Crippen LogP contribution < -0.4 is 5.32 Å². The van der Waals surface area contributed by atoms with Crippen LogP contribution in [0.5, 0.6) is 0 Å². The highest BCUT2D eigenvalue weighted by molar-refractivity contribution is 5.02. The highest BCUT2D eigenvalue weighted by Gasteiger charge is 2.40. The van der Waals surface area contributed by atoms with Crippen LogP contribution in [-0.4, -0.2) is 38.5 Å². The lowest BCUT2D eigenvalue weighted by Gasteiger charge is -2.43. The molecule has 1 atom stereocenters. The van der Waals surface area contributed by atoms with Gasteiger partial charge in [-0.25, -0.2) is 0 Å². The quantitative estimate of drug-likeness (QED) is 0.705. The molecule has 0 spiro atoms. The summed E-state index contributed by atoms with van der Waals surface area (Å²) in [5.74, 6) is 0. The number of rotatable bonds is 6. The summed E-state index contributed by atoms with van der Waals surface area (Å²) < 4.78 is 11.5. The van der Waals surface area contributed by atoms with Gasteiger partial charge in [0.2, 0.25) is 0 Å². The predicted octanol–water partition coefficient (Wildman–Crippen LogP) is 2.13. The minimum Gasteiger partial charge on any atom is -0.381 e. The Morgan fingerprint density at radius 2 is 2.12 bits per heavy atom. The van der Waals surface area contributed by atoms with Gasteiger partial charge in [-0.15, -0.1) is 6.58 Å². The molecule has 0 aliphatic carbocycles. The maximum absolute atomic E-state index is 6.04. The SMILES string of the molecule is C=C(C)CC(NC)C1(OCC)CCOCC1. The molecule has 1 N–H and O–H groups in total. The predicted molar refractivity (Wildman–Crippen MR) is 66.7 cm³/mol. The van der Waals surface area contributed by atoms with Gasteiger partial charge in [0, 0.05) is 38.7 Å². The number of ether oxygens (including phenoxy) is 2. The van der Waals surface area contributed by atoms with Gasteiger partial charge in [0.25, 0.3) is 0 Å². The molecular weight excluding hydrogens is 202 g/mol. The van der Waals surface area contributed by atoms with E-state index in [0.717, 1.165) is 39.1 Å². The van der Waals surface area contributed by atoms with Crippen molar-refractivity contribution in [1.82, 2.24) is 5.32 Å². The van der Waals surface area contributed by atoms with E-state index in [1.54, 1.807) is 0 Å². The van der Waals surface area contributed by atoms with Crippen LogP contribution in [-0.2, 0) is 9.47 Å². The van der Waals surface area contributed by atoms with Crippen molar-refractivity contribution >= 4 is 0 Å². The van der Waals surface area contributed by atoms with Gasteiger partial charge < -0.3 is 14.8 Å². The van der Waals surface area contributed by atoms with Gasteiger partial charge in [0.05, 0.1) is 5.60 Å². The Bertz CT molecular complexity index is 216. The van der Waals surface area contributed by atoms with Gasteiger partial charge in [-0.3, -0.25) is 0 Å². The topological polar surface area (TPSA) is 30.5 Å². The van der Waals surface area contributed by atoms with Gasteiger partial charge in [-0.1, -0.05) is 5.57 Å². The summed E-state index contributed by atoms with van der Waals surface area (Å²) in [4.78, 5) is 0. The fourth-order valence-electron chi connectivity index (χ4n) is 2.50. The van der Waals surface area contributed by atoms with E-state index in [4.69, 9.17) is 9.47 Å². The van der Waals surface area contributed by atoms with Crippen molar-refractivity contribution in [2.24, 2.45) is 0 Å². The third-order valence-electron chi connectivity index (χ3n) is 3.31. The second-order valence-electron chi connectivity index (χ2n) is 4.61. The second kappa shape index (κ2) is 6.38. The molecule has 0 aromatic carbocycles. The molecule has 94 valence electrons.